The minimum Gasteiger partial charge on any atom is -0.497 e. The number of methoxy groups -OCH3 is 1. The zero-order valence-electron chi connectivity index (χ0n) is 11.7. The van der Waals surface area contributed by atoms with Gasteiger partial charge < -0.3 is 20.3 Å². The summed E-state index contributed by atoms with van der Waals surface area (Å²) >= 11 is 0. The fourth-order valence-electron chi connectivity index (χ4n) is 1.95. The minimum atomic E-state index is -0.706. The standard InChI is InChI=1S/C16H19NO3/c1-11-8-13(17)6-7-16(11)20-10-15(18)12-4-3-5-14(9-12)19-2/h3-9,15,18H,10,17H2,1-2H3. The number of hydrogen-bond acceptors (Lipinski definition) is 4. The van der Waals surface area contributed by atoms with Crippen molar-refractivity contribution in [2.24, 2.45) is 0 Å². The average molecular weight is 273 g/mol. The van der Waals surface area contributed by atoms with Gasteiger partial charge in [0.1, 0.15) is 24.2 Å². The number of nitrogens with two attached hydrogens (primary N) is 1. The summed E-state index contributed by atoms with van der Waals surface area (Å²) in [5.41, 5.74) is 8.09. The van der Waals surface area contributed by atoms with E-state index in [-0.39, 0.29) is 6.61 Å². The van der Waals surface area contributed by atoms with Crippen LogP contribution in [0.2, 0.25) is 0 Å². The third-order valence-corrected chi connectivity index (χ3v) is 3.07. The second-order valence-corrected chi connectivity index (χ2v) is 4.63. The monoisotopic (exact) mass is 273 g/mol. The van der Waals surface area contributed by atoms with Crippen molar-refractivity contribution < 1.29 is 14.6 Å². The second kappa shape index (κ2) is 6.30. The minimum absolute atomic E-state index is 0.178. The van der Waals surface area contributed by atoms with E-state index >= 15 is 0 Å². The van der Waals surface area contributed by atoms with Gasteiger partial charge in [0.25, 0.3) is 0 Å². The van der Waals surface area contributed by atoms with Gasteiger partial charge in [-0.2, -0.15) is 0 Å². The maximum Gasteiger partial charge on any atom is 0.122 e. The van der Waals surface area contributed by atoms with E-state index in [1.54, 1.807) is 19.2 Å². The van der Waals surface area contributed by atoms with Crippen LogP contribution in [0.4, 0.5) is 5.69 Å². The summed E-state index contributed by atoms with van der Waals surface area (Å²) in [6.45, 7) is 2.10. The molecule has 0 saturated carbocycles. The molecule has 106 valence electrons. The number of nitrogen functional groups attached to an aromatic ring is 1. The van der Waals surface area contributed by atoms with Crippen molar-refractivity contribution in [3.8, 4) is 11.5 Å². The third kappa shape index (κ3) is 3.42. The summed E-state index contributed by atoms with van der Waals surface area (Å²) in [6.07, 6.45) is -0.706. The number of aliphatic hydroxyl groups excluding tert-OH is 1. The number of ether oxygens (including phenoxy) is 2. The van der Waals surface area contributed by atoms with E-state index in [2.05, 4.69) is 0 Å². The first-order valence-electron chi connectivity index (χ1n) is 6.41. The molecule has 0 fully saturated rings. The summed E-state index contributed by atoms with van der Waals surface area (Å²) in [5, 5.41) is 10.1. The van der Waals surface area contributed by atoms with Crippen molar-refractivity contribution >= 4 is 5.69 Å². The molecule has 1 unspecified atom stereocenters. The number of rotatable bonds is 5. The quantitative estimate of drug-likeness (QED) is 0.822. The molecule has 0 aliphatic carbocycles. The summed E-state index contributed by atoms with van der Waals surface area (Å²) in [7, 11) is 1.60. The number of anilines is 1. The molecule has 1 atom stereocenters. The van der Waals surface area contributed by atoms with E-state index in [1.165, 1.54) is 0 Å². The molecular weight excluding hydrogens is 254 g/mol. The molecule has 2 aromatic carbocycles. The van der Waals surface area contributed by atoms with Crippen molar-refractivity contribution in [3.05, 3.63) is 53.6 Å². The van der Waals surface area contributed by atoms with E-state index in [4.69, 9.17) is 15.2 Å². The molecule has 0 spiro atoms. The maximum absolute atomic E-state index is 10.1. The van der Waals surface area contributed by atoms with Crippen LogP contribution in [0.3, 0.4) is 0 Å². The van der Waals surface area contributed by atoms with Gasteiger partial charge in [0.05, 0.1) is 7.11 Å². The van der Waals surface area contributed by atoms with E-state index in [0.717, 1.165) is 16.9 Å². The molecule has 4 nitrogen and oxygen atoms in total. The fourth-order valence-corrected chi connectivity index (χ4v) is 1.95. The normalized spacial score (nSPS) is 11.9. The van der Waals surface area contributed by atoms with E-state index < -0.39 is 6.10 Å². The van der Waals surface area contributed by atoms with Crippen LogP contribution in [-0.2, 0) is 0 Å². The molecule has 0 aliphatic rings. The first-order chi connectivity index (χ1) is 9.60. The molecule has 0 amide bonds. The van der Waals surface area contributed by atoms with Gasteiger partial charge in [0, 0.05) is 5.69 Å². The highest BCUT2D eigenvalue weighted by molar-refractivity contribution is 5.47. The number of aryl methyl sites for hydroxylation is 1. The molecule has 0 radical (unpaired) electrons. The molecule has 0 aliphatic heterocycles. The van der Waals surface area contributed by atoms with Crippen LogP contribution in [0.25, 0.3) is 0 Å². The number of benzene rings is 2. The lowest BCUT2D eigenvalue weighted by molar-refractivity contribution is 0.107. The molecule has 20 heavy (non-hydrogen) atoms. The third-order valence-electron chi connectivity index (χ3n) is 3.07. The highest BCUT2D eigenvalue weighted by atomic mass is 16.5. The van der Waals surface area contributed by atoms with E-state index in [0.29, 0.717) is 11.4 Å². The predicted molar refractivity (Wildman–Crippen MR) is 79.0 cm³/mol. The molecule has 0 saturated heterocycles. The van der Waals surface area contributed by atoms with Gasteiger partial charge in [-0.3, -0.25) is 0 Å². The molecule has 3 N–H and O–H groups in total. The Morgan fingerprint density at radius 3 is 2.70 bits per heavy atom. The van der Waals surface area contributed by atoms with Gasteiger partial charge in [0.15, 0.2) is 0 Å². The molecule has 0 heterocycles. The number of hydrogen-bond donors (Lipinski definition) is 2. The van der Waals surface area contributed by atoms with Gasteiger partial charge in [-0.25, -0.2) is 0 Å². The lowest BCUT2D eigenvalue weighted by Gasteiger charge is -2.15. The summed E-state index contributed by atoms with van der Waals surface area (Å²) in [5.74, 6) is 1.44. The largest absolute Gasteiger partial charge is 0.497 e. The Hall–Kier alpha value is -2.20. The van der Waals surface area contributed by atoms with Crippen LogP contribution >= 0.6 is 0 Å². The highest BCUT2D eigenvalue weighted by Gasteiger charge is 2.10. The Morgan fingerprint density at radius 2 is 2.00 bits per heavy atom. The Bertz CT molecular complexity index is 584. The van der Waals surface area contributed by atoms with Crippen LogP contribution < -0.4 is 15.2 Å². The fraction of sp³-hybridized carbons (Fsp3) is 0.250. The summed E-state index contributed by atoms with van der Waals surface area (Å²) < 4.78 is 10.8. The van der Waals surface area contributed by atoms with Gasteiger partial charge in [-0.1, -0.05) is 12.1 Å². The molecule has 2 rings (SSSR count). The smallest absolute Gasteiger partial charge is 0.122 e. The highest BCUT2D eigenvalue weighted by Crippen LogP contribution is 2.23. The topological polar surface area (TPSA) is 64.7 Å². The van der Waals surface area contributed by atoms with E-state index in [9.17, 15) is 5.11 Å². The lowest BCUT2D eigenvalue weighted by Crippen LogP contribution is -2.10. The molecule has 2 aromatic rings. The lowest BCUT2D eigenvalue weighted by atomic mass is 10.1. The van der Waals surface area contributed by atoms with Crippen LogP contribution in [-0.4, -0.2) is 18.8 Å². The van der Waals surface area contributed by atoms with Crippen LogP contribution in [0, 0.1) is 6.92 Å². The van der Waals surface area contributed by atoms with Gasteiger partial charge in [-0.15, -0.1) is 0 Å². The predicted octanol–water partition coefficient (Wildman–Crippen LogP) is 2.70. The molecular formula is C16H19NO3. The number of aliphatic hydroxyl groups is 1. The summed E-state index contributed by atoms with van der Waals surface area (Å²) in [4.78, 5) is 0. The first-order valence-corrected chi connectivity index (χ1v) is 6.41. The Balaban J connectivity index is 2.02. The molecule has 0 bridgehead atoms. The van der Waals surface area contributed by atoms with E-state index in [1.807, 2.05) is 37.3 Å². The van der Waals surface area contributed by atoms with Gasteiger partial charge in [0.2, 0.25) is 0 Å². The Labute approximate surface area is 118 Å². The summed E-state index contributed by atoms with van der Waals surface area (Å²) in [6, 6.07) is 12.7. The SMILES string of the molecule is COc1cccc(C(O)COc2ccc(N)cc2C)c1. The maximum atomic E-state index is 10.1. The Morgan fingerprint density at radius 1 is 1.20 bits per heavy atom. The van der Waals surface area contributed by atoms with Gasteiger partial charge >= 0.3 is 0 Å². The zero-order chi connectivity index (χ0) is 14.5. The average Bonchev–Trinajstić information content (AvgIpc) is 2.46. The van der Waals surface area contributed by atoms with Crippen molar-refractivity contribution in [1.82, 2.24) is 0 Å². The second-order valence-electron chi connectivity index (χ2n) is 4.63. The Kier molecular flexibility index (Phi) is 4.48. The van der Waals surface area contributed by atoms with Crippen LogP contribution in [0.1, 0.15) is 17.2 Å². The first kappa shape index (κ1) is 14.2. The molecule has 4 heteroatoms. The van der Waals surface area contributed by atoms with Crippen LogP contribution in [0.5, 0.6) is 11.5 Å². The molecule has 0 aromatic heterocycles. The zero-order valence-corrected chi connectivity index (χ0v) is 11.7. The van der Waals surface area contributed by atoms with Crippen molar-refractivity contribution in [2.45, 2.75) is 13.0 Å². The van der Waals surface area contributed by atoms with Gasteiger partial charge in [-0.05, 0) is 48.4 Å². The van der Waals surface area contributed by atoms with Crippen LogP contribution in [0.15, 0.2) is 42.5 Å². The van der Waals surface area contributed by atoms with Crippen molar-refractivity contribution in [1.29, 1.82) is 0 Å². The van der Waals surface area contributed by atoms with Crippen molar-refractivity contribution in [3.63, 3.8) is 0 Å². The van der Waals surface area contributed by atoms with Crippen molar-refractivity contribution in [2.75, 3.05) is 19.5 Å².